The molecule has 0 fully saturated rings. The van der Waals surface area contributed by atoms with Crippen molar-refractivity contribution in [3.8, 4) is 11.5 Å². The normalized spacial score (nSPS) is 11.5. The highest BCUT2D eigenvalue weighted by molar-refractivity contribution is 7.90. The minimum Gasteiger partial charge on any atom is -0.456 e. The zero-order valence-corrected chi connectivity index (χ0v) is 16.1. The molecule has 2 aromatic carbocycles. The molecule has 4 rings (SSSR count). The Bertz CT molecular complexity index is 1280. The molecule has 0 aliphatic carbocycles. The molecular weight excluding hydrogens is 397 g/mol. The first kappa shape index (κ1) is 18.8. The molecule has 0 saturated carbocycles. The van der Waals surface area contributed by atoms with E-state index in [4.69, 9.17) is 4.74 Å². The lowest BCUT2D eigenvalue weighted by Gasteiger charge is -2.14. The third kappa shape index (κ3) is 3.87. The first-order valence-electron chi connectivity index (χ1n) is 8.52. The summed E-state index contributed by atoms with van der Waals surface area (Å²) in [6.45, 7) is -0.859. The summed E-state index contributed by atoms with van der Waals surface area (Å²) in [7, 11) is -3.61. The molecule has 2 N–H and O–H groups in total. The quantitative estimate of drug-likeness (QED) is 0.495. The number of H-pyrrole nitrogens is 1. The lowest BCUT2D eigenvalue weighted by molar-refractivity contribution is 0.430. The van der Waals surface area contributed by atoms with Gasteiger partial charge in [-0.25, -0.2) is 22.8 Å². The molecule has 10 heteroatoms. The minimum absolute atomic E-state index is 0.0308. The number of ether oxygens (including phenoxy) is 1. The summed E-state index contributed by atoms with van der Waals surface area (Å²) in [6.07, 6.45) is 4.07. The summed E-state index contributed by atoms with van der Waals surface area (Å²) in [5, 5.41) is 10.4. The van der Waals surface area contributed by atoms with Crippen LogP contribution in [0, 0.1) is 0 Å². The summed E-state index contributed by atoms with van der Waals surface area (Å²) in [5.74, 6) is 1.44. The number of anilines is 2. The maximum atomic E-state index is 13.5. The Kier molecular flexibility index (Phi) is 4.85. The first-order valence-corrected chi connectivity index (χ1v) is 10.4. The number of benzene rings is 2. The molecular formula is C19H16FN5O3S. The number of aromatic amines is 1. The summed E-state index contributed by atoms with van der Waals surface area (Å²) in [6, 6.07) is 11.1. The zero-order valence-electron chi connectivity index (χ0n) is 15.3. The van der Waals surface area contributed by atoms with Crippen LogP contribution in [0.5, 0.6) is 11.5 Å². The fourth-order valence-electron chi connectivity index (χ4n) is 2.84. The fraction of sp³-hybridized carbons (Fsp3) is 0.105. The predicted molar refractivity (Wildman–Crippen MR) is 106 cm³/mol. The SMILES string of the molecule is CS(=O)(=O)c1cccc(CF)c1Oc1ccc2ncnc(Nc3ccn[nH]3)c2c1. The standard InChI is InChI=1S/C19H16FN5O3S/c1-29(26,27)16-4-2-3-12(10-20)18(16)28-13-5-6-15-14(9-13)19(22-11-21-15)24-17-7-8-23-25-17/h2-9,11H,10H2,1H3,(H2,21,22,23,24,25). The van der Waals surface area contributed by atoms with Crippen molar-refractivity contribution in [2.45, 2.75) is 11.6 Å². The van der Waals surface area contributed by atoms with Crippen molar-refractivity contribution in [1.82, 2.24) is 20.2 Å². The molecule has 0 atom stereocenters. The lowest BCUT2D eigenvalue weighted by Crippen LogP contribution is -2.03. The van der Waals surface area contributed by atoms with Crippen molar-refractivity contribution in [3.05, 3.63) is 60.6 Å². The molecule has 148 valence electrons. The largest absolute Gasteiger partial charge is 0.456 e. The van der Waals surface area contributed by atoms with E-state index < -0.39 is 16.5 Å². The van der Waals surface area contributed by atoms with Gasteiger partial charge in [-0.1, -0.05) is 12.1 Å². The van der Waals surface area contributed by atoms with Crippen LogP contribution in [0.25, 0.3) is 10.9 Å². The third-order valence-electron chi connectivity index (χ3n) is 4.18. The Balaban J connectivity index is 1.78. The van der Waals surface area contributed by atoms with E-state index in [-0.39, 0.29) is 16.2 Å². The van der Waals surface area contributed by atoms with Gasteiger partial charge in [0.15, 0.2) is 15.6 Å². The van der Waals surface area contributed by atoms with Gasteiger partial charge in [-0.2, -0.15) is 5.10 Å². The van der Waals surface area contributed by atoms with E-state index in [9.17, 15) is 12.8 Å². The van der Waals surface area contributed by atoms with E-state index in [0.717, 1.165) is 6.26 Å². The monoisotopic (exact) mass is 413 g/mol. The third-order valence-corrected chi connectivity index (χ3v) is 5.30. The highest BCUT2D eigenvalue weighted by Gasteiger charge is 2.19. The lowest BCUT2D eigenvalue weighted by atomic mass is 10.2. The van der Waals surface area contributed by atoms with E-state index in [1.807, 2.05) is 0 Å². The maximum Gasteiger partial charge on any atom is 0.179 e. The van der Waals surface area contributed by atoms with Crippen LogP contribution in [-0.4, -0.2) is 34.8 Å². The average Bonchev–Trinajstić information content (AvgIpc) is 3.21. The van der Waals surface area contributed by atoms with Gasteiger partial charge in [0, 0.05) is 23.3 Å². The van der Waals surface area contributed by atoms with Gasteiger partial charge in [-0.05, 0) is 24.3 Å². The van der Waals surface area contributed by atoms with Crippen LogP contribution in [-0.2, 0) is 16.5 Å². The number of aromatic nitrogens is 4. The van der Waals surface area contributed by atoms with Crippen molar-refractivity contribution in [2.24, 2.45) is 0 Å². The molecule has 29 heavy (non-hydrogen) atoms. The number of sulfone groups is 1. The van der Waals surface area contributed by atoms with Crippen LogP contribution in [0.1, 0.15) is 5.56 Å². The smallest absolute Gasteiger partial charge is 0.179 e. The molecule has 0 aliphatic heterocycles. The van der Waals surface area contributed by atoms with Crippen molar-refractivity contribution < 1.29 is 17.5 Å². The fourth-order valence-corrected chi connectivity index (χ4v) is 3.68. The van der Waals surface area contributed by atoms with Gasteiger partial charge in [0.2, 0.25) is 0 Å². The Hall–Kier alpha value is -3.53. The maximum absolute atomic E-state index is 13.5. The number of hydrogen-bond acceptors (Lipinski definition) is 7. The highest BCUT2D eigenvalue weighted by Crippen LogP contribution is 2.35. The van der Waals surface area contributed by atoms with Crippen molar-refractivity contribution in [1.29, 1.82) is 0 Å². The van der Waals surface area contributed by atoms with E-state index in [2.05, 4.69) is 25.5 Å². The van der Waals surface area contributed by atoms with E-state index in [0.29, 0.717) is 28.3 Å². The van der Waals surface area contributed by atoms with Crippen molar-refractivity contribution in [2.75, 3.05) is 11.6 Å². The molecule has 0 saturated heterocycles. The van der Waals surface area contributed by atoms with Gasteiger partial charge in [0.05, 0.1) is 11.7 Å². The Morgan fingerprint density at radius 1 is 1.17 bits per heavy atom. The molecule has 0 bridgehead atoms. The molecule has 8 nitrogen and oxygen atoms in total. The van der Waals surface area contributed by atoms with E-state index in [1.54, 1.807) is 30.5 Å². The first-order chi connectivity index (χ1) is 14.0. The second-order valence-electron chi connectivity index (χ2n) is 6.25. The molecule has 0 amide bonds. The second kappa shape index (κ2) is 7.47. The number of hydrogen-bond donors (Lipinski definition) is 2. The number of alkyl halides is 1. The summed E-state index contributed by atoms with van der Waals surface area (Å²) in [4.78, 5) is 8.38. The molecule has 0 unspecified atom stereocenters. The van der Waals surface area contributed by atoms with Gasteiger partial charge in [0.1, 0.15) is 35.3 Å². The summed E-state index contributed by atoms with van der Waals surface area (Å²) in [5.41, 5.74) is 0.796. The van der Waals surface area contributed by atoms with Crippen LogP contribution in [0.2, 0.25) is 0 Å². The Morgan fingerprint density at radius 2 is 2.03 bits per heavy atom. The van der Waals surface area contributed by atoms with E-state index in [1.165, 1.54) is 24.5 Å². The summed E-state index contributed by atoms with van der Waals surface area (Å²) >= 11 is 0. The predicted octanol–water partition coefficient (Wildman–Crippen LogP) is 3.76. The van der Waals surface area contributed by atoms with Gasteiger partial charge >= 0.3 is 0 Å². The molecule has 2 heterocycles. The van der Waals surface area contributed by atoms with Crippen LogP contribution in [0.4, 0.5) is 16.0 Å². The molecule has 0 aliphatic rings. The van der Waals surface area contributed by atoms with Crippen LogP contribution in [0.15, 0.2) is 59.9 Å². The second-order valence-corrected chi connectivity index (χ2v) is 8.23. The van der Waals surface area contributed by atoms with Crippen molar-refractivity contribution in [3.63, 3.8) is 0 Å². The molecule has 2 aromatic heterocycles. The van der Waals surface area contributed by atoms with Gasteiger partial charge in [-0.3, -0.25) is 5.10 Å². The average molecular weight is 413 g/mol. The van der Waals surface area contributed by atoms with Crippen LogP contribution in [0.3, 0.4) is 0 Å². The van der Waals surface area contributed by atoms with Crippen LogP contribution < -0.4 is 10.1 Å². The van der Waals surface area contributed by atoms with Gasteiger partial charge in [0.25, 0.3) is 0 Å². The van der Waals surface area contributed by atoms with Crippen molar-refractivity contribution >= 4 is 32.4 Å². The number of fused-ring (bicyclic) bond motifs is 1. The topological polar surface area (TPSA) is 110 Å². The Labute approximate surface area is 165 Å². The minimum atomic E-state index is -3.61. The van der Waals surface area contributed by atoms with Gasteiger partial charge < -0.3 is 10.1 Å². The summed E-state index contributed by atoms with van der Waals surface area (Å²) < 4.78 is 43.5. The number of para-hydroxylation sites is 1. The molecule has 4 aromatic rings. The number of rotatable bonds is 6. The Morgan fingerprint density at radius 3 is 2.76 bits per heavy atom. The van der Waals surface area contributed by atoms with Gasteiger partial charge in [-0.15, -0.1) is 0 Å². The zero-order chi connectivity index (χ0) is 20.4. The number of halogens is 1. The van der Waals surface area contributed by atoms with Crippen LogP contribution >= 0.6 is 0 Å². The van der Waals surface area contributed by atoms with E-state index >= 15 is 0 Å². The molecule has 0 spiro atoms. The molecule has 0 radical (unpaired) electrons. The highest BCUT2D eigenvalue weighted by atomic mass is 32.2. The number of nitrogens with one attached hydrogen (secondary N) is 2. The number of nitrogens with zero attached hydrogens (tertiary/aromatic N) is 3.